The summed E-state index contributed by atoms with van der Waals surface area (Å²) in [4.78, 5) is 13.9. The van der Waals surface area contributed by atoms with Crippen LogP contribution in [0.4, 0.5) is 4.79 Å². The molecule has 0 spiro atoms. The number of carbonyl (C=O) groups excluding carboxylic acids is 1. The molecular formula is C16H26N2O. The monoisotopic (exact) mass is 262 g/mol. The minimum absolute atomic E-state index is 0.0321. The highest BCUT2D eigenvalue weighted by Gasteiger charge is 2.11. The summed E-state index contributed by atoms with van der Waals surface area (Å²) in [5.41, 5.74) is 2.41. The third-order valence-corrected chi connectivity index (χ3v) is 3.12. The van der Waals surface area contributed by atoms with Gasteiger partial charge in [-0.2, -0.15) is 0 Å². The molecule has 0 aliphatic heterocycles. The van der Waals surface area contributed by atoms with Gasteiger partial charge >= 0.3 is 6.03 Å². The molecule has 3 nitrogen and oxygen atoms in total. The van der Waals surface area contributed by atoms with Gasteiger partial charge in [0.1, 0.15) is 0 Å². The van der Waals surface area contributed by atoms with Gasteiger partial charge in [0.05, 0.1) is 0 Å². The molecule has 0 radical (unpaired) electrons. The Balaban J connectivity index is 2.50. The van der Waals surface area contributed by atoms with Crippen molar-refractivity contribution in [3.05, 3.63) is 35.4 Å². The van der Waals surface area contributed by atoms with Crippen LogP contribution in [-0.2, 0) is 6.54 Å². The van der Waals surface area contributed by atoms with E-state index in [9.17, 15) is 4.79 Å². The second kappa shape index (κ2) is 7.82. The van der Waals surface area contributed by atoms with Gasteiger partial charge in [-0.15, -0.1) is 0 Å². The summed E-state index contributed by atoms with van der Waals surface area (Å²) in [5.74, 6) is 0.618. The van der Waals surface area contributed by atoms with Crippen molar-refractivity contribution in [2.24, 2.45) is 5.92 Å². The predicted octanol–water partition coefficient (Wildman–Crippen LogP) is 3.57. The van der Waals surface area contributed by atoms with E-state index in [1.165, 1.54) is 11.1 Å². The van der Waals surface area contributed by atoms with Gasteiger partial charge in [0.2, 0.25) is 0 Å². The smallest absolute Gasteiger partial charge is 0.317 e. The number of nitrogens with zero attached hydrogens (tertiary/aromatic N) is 1. The molecule has 0 fully saturated rings. The highest BCUT2D eigenvalue weighted by atomic mass is 16.2. The molecule has 0 aliphatic carbocycles. The lowest BCUT2D eigenvalue weighted by atomic mass is 10.1. The first kappa shape index (κ1) is 15.5. The summed E-state index contributed by atoms with van der Waals surface area (Å²) < 4.78 is 0. The van der Waals surface area contributed by atoms with Gasteiger partial charge in [0.15, 0.2) is 0 Å². The Kier molecular flexibility index (Phi) is 6.40. The quantitative estimate of drug-likeness (QED) is 0.835. The molecule has 0 unspecified atom stereocenters. The Labute approximate surface area is 117 Å². The van der Waals surface area contributed by atoms with E-state index in [4.69, 9.17) is 0 Å². The fourth-order valence-electron chi connectivity index (χ4n) is 1.94. The van der Waals surface area contributed by atoms with Gasteiger partial charge in [-0.25, -0.2) is 4.79 Å². The normalized spacial score (nSPS) is 10.6. The Hall–Kier alpha value is -1.51. The molecule has 0 atom stereocenters. The highest BCUT2D eigenvalue weighted by molar-refractivity contribution is 5.74. The van der Waals surface area contributed by atoms with Crippen molar-refractivity contribution >= 4 is 6.03 Å². The number of benzene rings is 1. The van der Waals surface area contributed by atoms with E-state index in [0.717, 1.165) is 19.5 Å². The van der Waals surface area contributed by atoms with Crippen LogP contribution >= 0.6 is 0 Å². The van der Waals surface area contributed by atoms with E-state index in [1.54, 1.807) is 0 Å². The van der Waals surface area contributed by atoms with Crippen molar-refractivity contribution in [3.63, 3.8) is 0 Å². The molecule has 0 bridgehead atoms. The van der Waals surface area contributed by atoms with Crippen molar-refractivity contribution < 1.29 is 4.79 Å². The van der Waals surface area contributed by atoms with E-state index in [1.807, 2.05) is 17.9 Å². The Morgan fingerprint density at radius 3 is 2.68 bits per heavy atom. The van der Waals surface area contributed by atoms with Crippen LogP contribution < -0.4 is 5.32 Å². The summed E-state index contributed by atoms with van der Waals surface area (Å²) in [5, 5.41) is 2.99. The number of urea groups is 1. The summed E-state index contributed by atoms with van der Waals surface area (Å²) in [6.45, 7) is 10.6. The van der Waals surface area contributed by atoms with Gasteiger partial charge < -0.3 is 10.2 Å². The Bertz CT molecular complexity index is 401. The highest BCUT2D eigenvalue weighted by Crippen LogP contribution is 2.08. The average molecular weight is 262 g/mol. The SMILES string of the molecule is CCN(Cc1cccc(C)c1)C(=O)NCCC(C)C. The molecule has 0 aromatic heterocycles. The lowest BCUT2D eigenvalue weighted by Gasteiger charge is -2.22. The number of aryl methyl sites for hydroxylation is 1. The summed E-state index contributed by atoms with van der Waals surface area (Å²) in [7, 11) is 0. The number of hydrogen-bond acceptors (Lipinski definition) is 1. The maximum atomic E-state index is 12.1. The largest absolute Gasteiger partial charge is 0.338 e. The van der Waals surface area contributed by atoms with Crippen molar-refractivity contribution in [2.45, 2.75) is 40.7 Å². The molecule has 2 amide bonds. The zero-order valence-corrected chi connectivity index (χ0v) is 12.6. The van der Waals surface area contributed by atoms with Crippen molar-refractivity contribution in [3.8, 4) is 0 Å². The standard InChI is InChI=1S/C16H26N2O/c1-5-18(16(19)17-10-9-13(2)3)12-15-8-6-7-14(4)11-15/h6-8,11,13H,5,9-10,12H2,1-4H3,(H,17,19). The van der Waals surface area contributed by atoms with Gasteiger partial charge in [-0.3, -0.25) is 0 Å². The molecule has 0 aliphatic rings. The third-order valence-electron chi connectivity index (χ3n) is 3.12. The number of amides is 2. The molecule has 0 saturated carbocycles. The third kappa shape index (κ3) is 5.77. The van der Waals surface area contributed by atoms with Crippen LogP contribution in [-0.4, -0.2) is 24.0 Å². The summed E-state index contributed by atoms with van der Waals surface area (Å²) in [6, 6.07) is 8.34. The summed E-state index contributed by atoms with van der Waals surface area (Å²) in [6.07, 6.45) is 1.02. The maximum absolute atomic E-state index is 12.1. The van der Waals surface area contributed by atoms with Gasteiger partial charge in [-0.05, 0) is 31.7 Å². The molecule has 106 valence electrons. The Morgan fingerprint density at radius 2 is 2.11 bits per heavy atom. The van der Waals surface area contributed by atoms with E-state index in [0.29, 0.717) is 12.5 Å². The zero-order valence-electron chi connectivity index (χ0n) is 12.6. The van der Waals surface area contributed by atoms with Crippen LogP contribution in [0.5, 0.6) is 0 Å². The van der Waals surface area contributed by atoms with E-state index >= 15 is 0 Å². The van der Waals surface area contributed by atoms with Crippen LogP contribution in [0, 0.1) is 12.8 Å². The minimum atomic E-state index is 0.0321. The number of hydrogen-bond donors (Lipinski definition) is 1. The molecule has 1 aromatic carbocycles. The zero-order chi connectivity index (χ0) is 14.3. The minimum Gasteiger partial charge on any atom is -0.338 e. The molecule has 0 heterocycles. The molecule has 3 heteroatoms. The van der Waals surface area contributed by atoms with Crippen LogP contribution in [0.2, 0.25) is 0 Å². The van der Waals surface area contributed by atoms with E-state index < -0.39 is 0 Å². The van der Waals surface area contributed by atoms with Crippen molar-refractivity contribution in [2.75, 3.05) is 13.1 Å². The van der Waals surface area contributed by atoms with E-state index in [2.05, 4.69) is 44.3 Å². The number of carbonyl (C=O) groups is 1. The predicted molar refractivity (Wildman–Crippen MR) is 80.1 cm³/mol. The molecule has 19 heavy (non-hydrogen) atoms. The average Bonchev–Trinajstić information content (AvgIpc) is 2.35. The topological polar surface area (TPSA) is 32.3 Å². The van der Waals surface area contributed by atoms with Gasteiger partial charge in [0.25, 0.3) is 0 Å². The second-order valence-corrected chi connectivity index (χ2v) is 5.42. The first-order valence-corrected chi connectivity index (χ1v) is 7.11. The second-order valence-electron chi connectivity index (χ2n) is 5.42. The van der Waals surface area contributed by atoms with Gasteiger partial charge in [0, 0.05) is 19.6 Å². The molecule has 1 rings (SSSR count). The molecule has 1 N–H and O–H groups in total. The van der Waals surface area contributed by atoms with Crippen LogP contribution in [0.25, 0.3) is 0 Å². The van der Waals surface area contributed by atoms with Crippen molar-refractivity contribution in [1.82, 2.24) is 10.2 Å². The fourth-order valence-corrected chi connectivity index (χ4v) is 1.94. The number of rotatable bonds is 6. The first-order chi connectivity index (χ1) is 9.02. The molecule has 0 saturated heterocycles. The van der Waals surface area contributed by atoms with E-state index in [-0.39, 0.29) is 6.03 Å². The van der Waals surface area contributed by atoms with Crippen LogP contribution in [0.15, 0.2) is 24.3 Å². The van der Waals surface area contributed by atoms with Crippen LogP contribution in [0.1, 0.15) is 38.3 Å². The van der Waals surface area contributed by atoms with Gasteiger partial charge in [-0.1, -0.05) is 43.7 Å². The Morgan fingerprint density at radius 1 is 1.37 bits per heavy atom. The lowest BCUT2D eigenvalue weighted by Crippen LogP contribution is -2.40. The number of nitrogens with one attached hydrogen (secondary N) is 1. The summed E-state index contributed by atoms with van der Waals surface area (Å²) >= 11 is 0. The molecule has 1 aromatic rings. The molecular weight excluding hydrogens is 236 g/mol. The maximum Gasteiger partial charge on any atom is 0.317 e. The van der Waals surface area contributed by atoms with Crippen LogP contribution in [0.3, 0.4) is 0 Å². The lowest BCUT2D eigenvalue weighted by molar-refractivity contribution is 0.197. The van der Waals surface area contributed by atoms with Crippen molar-refractivity contribution in [1.29, 1.82) is 0 Å². The first-order valence-electron chi connectivity index (χ1n) is 7.11. The fraction of sp³-hybridized carbons (Fsp3) is 0.562.